The number of hydrogen-bond donors (Lipinski definition) is 0. The maximum atomic E-state index is 11.4. The van der Waals surface area contributed by atoms with Crippen LogP contribution in [-0.4, -0.2) is 23.8 Å². The summed E-state index contributed by atoms with van der Waals surface area (Å²) in [5, 5.41) is 0. The molecule has 0 aromatic heterocycles. The van der Waals surface area contributed by atoms with Gasteiger partial charge in [0.25, 0.3) is 0 Å². The summed E-state index contributed by atoms with van der Waals surface area (Å²) < 4.78 is 11.3. The van der Waals surface area contributed by atoms with E-state index >= 15 is 0 Å². The molecule has 0 radical (unpaired) electrons. The predicted molar refractivity (Wildman–Crippen MR) is 47.2 cm³/mol. The van der Waals surface area contributed by atoms with Crippen molar-refractivity contribution in [3.8, 4) is 0 Å². The number of fused-ring (bicyclic) bond motifs is 1. The van der Waals surface area contributed by atoms with Crippen molar-refractivity contribution in [2.24, 2.45) is 5.92 Å². The van der Waals surface area contributed by atoms with E-state index < -0.39 is 5.79 Å². The maximum Gasteiger partial charge on any atom is 0.163 e. The number of rotatable bonds is 0. The van der Waals surface area contributed by atoms with Crippen LogP contribution in [0.4, 0.5) is 0 Å². The minimum Gasteiger partial charge on any atom is -0.345 e. The van der Waals surface area contributed by atoms with E-state index in [1.54, 1.807) is 0 Å². The van der Waals surface area contributed by atoms with Crippen molar-refractivity contribution in [2.45, 2.75) is 51.6 Å². The molecule has 0 aromatic rings. The van der Waals surface area contributed by atoms with E-state index in [0.717, 1.165) is 6.42 Å². The first-order valence-corrected chi connectivity index (χ1v) is 4.86. The Kier molecular flexibility index (Phi) is 1.96. The van der Waals surface area contributed by atoms with Gasteiger partial charge in [0.05, 0.1) is 12.2 Å². The van der Waals surface area contributed by atoms with Crippen molar-refractivity contribution < 1.29 is 14.3 Å². The van der Waals surface area contributed by atoms with Crippen LogP contribution < -0.4 is 0 Å². The normalized spacial score (nSPS) is 43.3. The Morgan fingerprint density at radius 2 is 1.92 bits per heavy atom. The average molecular weight is 184 g/mol. The molecule has 0 bridgehead atoms. The number of hydrogen-bond acceptors (Lipinski definition) is 3. The van der Waals surface area contributed by atoms with Crippen LogP contribution in [0.3, 0.4) is 0 Å². The van der Waals surface area contributed by atoms with Crippen LogP contribution in [0.2, 0.25) is 0 Å². The topological polar surface area (TPSA) is 35.5 Å². The first-order valence-electron chi connectivity index (χ1n) is 4.86. The molecule has 3 atom stereocenters. The number of ketones is 1. The Labute approximate surface area is 78.4 Å². The Morgan fingerprint density at radius 3 is 2.62 bits per heavy atom. The third-order valence-electron chi connectivity index (χ3n) is 2.82. The highest BCUT2D eigenvalue weighted by Gasteiger charge is 2.46. The lowest BCUT2D eigenvalue weighted by Crippen LogP contribution is -2.36. The molecule has 0 amide bonds. The van der Waals surface area contributed by atoms with E-state index in [4.69, 9.17) is 9.47 Å². The molecule has 1 saturated carbocycles. The molecule has 1 heterocycles. The van der Waals surface area contributed by atoms with Crippen LogP contribution in [0.15, 0.2) is 0 Å². The molecule has 0 spiro atoms. The summed E-state index contributed by atoms with van der Waals surface area (Å²) in [5.74, 6) is -0.0547. The van der Waals surface area contributed by atoms with Gasteiger partial charge in [0.1, 0.15) is 5.78 Å². The van der Waals surface area contributed by atoms with E-state index in [0.29, 0.717) is 12.2 Å². The standard InChI is InChI=1S/C10H16O3/c1-6-4-8-9(5-7(6)11)13-10(2,3)12-8/h6,8-9H,4-5H2,1-3H3/t6-,8?,9+/m0/s1. The van der Waals surface area contributed by atoms with Gasteiger partial charge in [-0.3, -0.25) is 4.79 Å². The van der Waals surface area contributed by atoms with Crippen molar-refractivity contribution >= 4 is 5.78 Å². The highest BCUT2D eigenvalue weighted by molar-refractivity contribution is 5.82. The molecule has 1 saturated heterocycles. The van der Waals surface area contributed by atoms with Crippen LogP contribution in [0.5, 0.6) is 0 Å². The van der Waals surface area contributed by atoms with Crippen molar-refractivity contribution in [2.75, 3.05) is 0 Å². The quantitative estimate of drug-likeness (QED) is 0.572. The number of carbonyl (C=O) groups is 1. The Hall–Kier alpha value is -0.410. The third kappa shape index (κ3) is 1.63. The summed E-state index contributed by atoms with van der Waals surface area (Å²) in [6, 6.07) is 0. The number of carbonyl (C=O) groups excluding carboxylic acids is 1. The molecule has 0 aromatic carbocycles. The second kappa shape index (κ2) is 2.79. The summed E-state index contributed by atoms with van der Waals surface area (Å²) >= 11 is 0. The zero-order valence-corrected chi connectivity index (χ0v) is 8.37. The lowest BCUT2D eigenvalue weighted by Gasteiger charge is -2.25. The van der Waals surface area contributed by atoms with Crippen LogP contribution >= 0.6 is 0 Å². The van der Waals surface area contributed by atoms with Crippen LogP contribution in [0.1, 0.15) is 33.6 Å². The van der Waals surface area contributed by atoms with E-state index in [1.807, 2.05) is 20.8 Å². The van der Waals surface area contributed by atoms with Gasteiger partial charge < -0.3 is 9.47 Å². The lowest BCUT2D eigenvalue weighted by molar-refractivity contribution is -0.146. The Balaban J connectivity index is 2.10. The summed E-state index contributed by atoms with van der Waals surface area (Å²) in [6.45, 7) is 5.77. The summed E-state index contributed by atoms with van der Waals surface area (Å²) in [7, 11) is 0. The second-order valence-corrected chi connectivity index (χ2v) is 4.52. The van der Waals surface area contributed by atoms with Gasteiger partial charge in [0.15, 0.2) is 5.79 Å². The van der Waals surface area contributed by atoms with Crippen molar-refractivity contribution in [3.05, 3.63) is 0 Å². The monoisotopic (exact) mass is 184 g/mol. The first-order chi connectivity index (χ1) is 5.98. The van der Waals surface area contributed by atoms with Crippen molar-refractivity contribution in [1.29, 1.82) is 0 Å². The highest BCUT2D eigenvalue weighted by atomic mass is 16.7. The van der Waals surface area contributed by atoms with Crippen LogP contribution in [-0.2, 0) is 14.3 Å². The van der Waals surface area contributed by atoms with Gasteiger partial charge in [0, 0.05) is 12.3 Å². The van der Waals surface area contributed by atoms with Gasteiger partial charge in [-0.2, -0.15) is 0 Å². The SMILES string of the molecule is C[C@H]1CC2OC(C)(C)O[C@@H]2CC1=O. The largest absolute Gasteiger partial charge is 0.345 e. The van der Waals surface area contributed by atoms with E-state index in [-0.39, 0.29) is 18.1 Å². The zero-order chi connectivity index (χ0) is 9.64. The molecule has 3 nitrogen and oxygen atoms in total. The van der Waals surface area contributed by atoms with Crippen LogP contribution in [0.25, 0.3) is 0 Å². The minimum atomic E-state index is -0.500. The lowest BCUT2D eigenvalue weighted by atomic mass is 9.86. The van der Waals surface area contributed by atoms with Gasteiger partial charge in [-0.05, 0) is 20.3 Å². The Bertz CT molecular complexity index is 234. The van der Waals surface area contributed by atoms with Gasteiger partial charge in [-0.25, -0.2) is 0 Å². The first kappa shape index (κ1) is 9.16. The molecule has 0 N–H and O–H groups in total. The van der Waals surface area contributed by atoms with E-state index in [2.05, 4.69) is 0 Å². The third-order valence-corrected chi connectivity index (χ3v) is 2.82. The molecule has 2 rings (SSSR count). The van der Waals surface area contributed by atoms with Gasteiger partial charge >= 0.3 is 0 Å². The molecule has 1 aliphatic carbocycles. The smallest absolute Gasteiger partial charge is 0.163 e. The summed E-state index contributed by atoms with van der Waals surface area (Å²) in [4.78, 5) is 11.4. The second-order valence-electron chi connectivity index (χ2n) is 4.52. The minimum absolute atomic E-state index is 0.00120. The summed E-state index contributed by atoms with van der Waals surface area (Å²) in [5.41, 5.74) is 0. The molecular formula is C10H16O3. The molecule has 1 unspecified atom stereocenters. The molecule has 2 fully saturated rings. The number of Topliss-reactive ketones (excluding diaryl/α,β-unsaturated/α-hetero) is 1. The number of ether oxygens (including phenoxy) is 2. The van der Waals surface area contributed by atoms with Crippen molar-refractivity contribution in [3.63, 3.8) is 0 Å². The molecule has 74 valence electrons. The molecule has 1 aliphatic heterocycles. The van der Waals surface area contributed by atoms with Gasteiger partial charge in [0.2, 0.25) is 0 Å². The van der Waals surface area contributed by atoms with Gasteiger partial charge in [-0.15, -0.1) is 0 Å². The van der Waals surface area contributed by atoms with Crippen LogP contribution in [0, 0.1) is 5.92 Å². The zero-order valence-electron chi connectivity index (χ0n) is 8.37. The molecular weight excluding hydrogens is 168 g/mol. The Morgan fingerprint density at radius 1 is 1.31 bits per heavy atom. The van der Waals surface area contributed by atoms with Gasteiger partial charge in [-0.1, -0.05) is 6.92 Å². The predicted octanol–water partition coefficient (Wildman–Crippen LogP) is 1.51. The van der Waals surface area contributed by atoms with Crippen molar-refractivity contribution in [1.82, 2.24) is 0 Å². The fourth-order valence-electron chi connectivity index (χ4n) is 2.16. The molecule has 3 heteroatoms. The summed E-state index contributed by atoms with van der Waals surface area (Å²) in [6.07, 6.45) is 1.46. The average Bonchev–Trinajstić information content (AvgIpc) is 2.24. The fraction of sp³-hybridized carbons (Fsp3) is 0.900. The van der Waals surface area contributed by atoms with E-state index in [9.17, 15) is 4.79 Å². The fourth-order valence-corrected chi connectivity index (χ4v) is 2.16. The molecule has 2 aliphatic rings. The highest BCUT2D eigenvalue weighted by Crippen LogP contribution is 2.37. The maximum absolute atomic E-state index is 11.4. The van der Waals surface area contributed by atoms with E-state index in [1.165, 1.54) is 0 Å². The molecule has 13 heavy (non-hydrogen) atoms.